The third kappa shape index (κ3) is 3.94. The van der Waals surface area contributed by atoms with Crippen molar-refractivity contribution in [2.45, 2.75) is 6.23 Å². The first-order valence-electron chi connectivity index (χ1n) is 4.78. The molecule has 0 N–H and O–H groups in total. The molecule has 17 heavy (non-hydrogen) atoms. The van der Waals surface area contributed by atoms with Crippen molar-refractivity contribution < 1.29 is 19.2 Å². The molecule has 90 valence electrons. The first-order valence-corrected chi connectivity index (χ1v) is 4.78. The molecular formula is C11H11NO5. The summed E-state index contributed by atoms with van der Waals surface area (Å²) in [5.41, 5.74) is 0.271. The molecule has 1 aromatic rings. The van der Waals surface area contributed by atoms with E-state index < -0.39 is 17.3 Å². The van der Waals surface area contributed by atoms with Crippen LogP contribution in [0.15, 0.2) is 43.0 Å². The van der Waals surface area contributed by atoms with Gasteiger partial charge in [0.05, 0.1) is 10.5 Å². The van der Waals surface area contributed by atoms with Gasteiger partial charge in [0.2, 0.25) is 0 Å². The van der Waals surface area contributed by atoms with E-state index in [4.69, 9.17) is 0 Å². The van der Waals surface area contributed by atoms with Crippen LogP contribution >= 0.6 is 0 Å². The second kappa shape index (κ2) is 6.26. The highest BCUT2D eigenvalue weighted by Crippen LogP contribution is 2.18. The van der Waals surface area contributed by atoms with Crippen molar-refractivity contribution in [1.82, 2.24) is 0 Å². The van der Waals surface area contributed by atoms with E-state index in [0.29, 0.717) is 0 Å². The van der Waals surface area contributed by atoms with Crippen molar-refractivity contribution >= 4 is 6.16 Å². The smallest absolute Gasteiger partial charge is 0.430 e. The van der Waals surface area contributed by atoms with E-state index in [-0.39, 0.29) is 12.2 Å². The molecule has 0 heterocycles. The van der Waals surface area contributed by atoms with E-state index in [0.717, 1.165) is 0 Å². The first kappa shape index (κ1) is 12.7. The first-order chi connectivity index (χ1) is 8.15. The molecule has 0 spiro atoms. The predicted molar refractivity (Wildman–Crippen MR) is 58.8 cm³/mol. The molecule has 1 aromatic carbocycles. The summed E-state index contributed by atoms with van der Waals surface area (Å²) in [6.45, 7) is 3.28. The average Bonchev–Trinajstić information content (AvgIpc) is 2.34. The van der Waals surface area contributed by atoms with Crippen molar-refractivity contribution in [3.05, 3.63) is 58.7 Å². The predicted octanol–water partition coefficient (Wildman–Crippen LogP) is 2.30. The molecule has 0 fully saturated rings. The Hall–Kier alpha value is -2.37. The number of ether oxygens (including phenoxy) is 2. The molecular weight excluding hydrogens is 226 g/mol. The van der Waals surface area contributed by atoms with Crippen LogP contribution in [0, 0.1) is 10.1 Å². The average molecular weight is 237 g/mol. The molecule has 1 atom stereocenters. The summed E-state index contributed by atoms with van der Waals surface area (Å²) in [7, 11) is 0. The Morgan fingerprint density at radius 3 is 2.65 bits per heavy atom. The Bertz CT molecular complexity index is 404. The lowest BCUT2D eigenvalue weighted by molar-refractivity contribution is -0.576. The lowest BCUT2D eigenvalue weighted by Gasteiger charge is -2.10. The fraction of sp³-hybridized carbons (Fsp3) is 0.182. The van der Waals surface area contributed by atoms with E-state index >= 15 is 0 Å². The summed E-state index contributed by atoms with van der Waals surface area (Å²) in [5, 5.41) is 10.8. The van der Waals surface area contributed by atoms with Gasteiger partial charge in [-0.25, -0.2) is 4.79 Å². The zero-order valence-corrected chi connectivity index (χ0v) is 8.94. The van der Waals surface area contributed by atoms with E-state index in [9.17, 15) is 14.9 Å². The second-order valence-electron chi connectivity index (χ2n) is 3.02. The zero-order chi connectivity index (χ0) is 12.7. The second-order valence-corrected chi connectivity index (χ2v) is 3.02. The summed E-state index contributed by atoms with van der Waals surface area (Å²) >= 11 is 0. The number of rotatable bonds is 5. The van der Waals surface area contributed by atoms with Gasteiger partial charge >= 0.3 is 12.4 Å². The maximum Gasteiger partial charge on any atom is 0.514 e. The van der Waals surface area contributed by atoms with Crippen LogP contribution in [-0.4, -0.2) is 17.7 Å². The van der Waals surface area contributed by atoms with E-state index in [1.54, 1.807) is 18.2 Å². The van der Waals surface area contributed by atoms with Gasteiger partial charge in [-0.15, -0.1) is 0 Å². The fourth-order valence-electron chi connectivity index (χ4n) is 1.10. The summed E-state index contributed by atoms with van der Waals surface area (Å²) in [4.78, 5) is 21.2. The molecule has 0 aliphatic carbocycles. The SMILES string of the molecule is C=CCOC(=O)OC(c1ccccc1)[N+](=O)[O-]. The Labute approximate surface area is 97.6 Å². The molecule has 0 amide bonds. The molecule has 6 nitrogen and oxygen atoms in total. The minimum Gasteiger partial charge on any atom is -0.430 e. The number of nitro groups is 1. The lowest BCUT2D eigenvalue weighted by atomic mass is 10.2. The van der Waals surface area contributed by atoms with Crippen LogP contribution in [0.25, 0.3) is 0 Å². The van der Waals surface area contributed by atoms with Gasteiger partial charge in [-0.3, -0.25) is 10.1 Å². The summed E-state index contributed by atoms with van der Waals surface area (Å²) in [5.74, 6) is 0. The van der Waals surface area contributed by atoms with Gasteiger partial charge in [-0.1, -0.05) is 30.9 Å². The van der Waals surface area contributed by atoms with Crippen LogP contribution in [0.3, 0.4) is 0 Å². The van der Waals surface area contributed by atoms with Crippen LogP contribution in [0.4, 0.5) is 4.79 Å². The molecule has 0 aliphatic heterocycles. The van der Waals surface area contributed by atoms with Crippen LogP contribution < -0.4 is 0 Å². The molecule has 1 rings (SSSR count). The molecule has 1 unspecified atom stereocenters. The largest absolute Gasteiger partial charge is 0.514 e. The molecule has 0 radical (unpaired) electrons. The molecule has 6 heteroatoms. The van der Waals surface area contributed by atoms with Crippen molar-refractivity contribution in [2.24, 2.45) is 0 Å². The number of hydrogen-bond acceptors (Lipinski definition) is 5. The maximum absolute atomic E-state index is 11.1. The van der Waals surface area contributed by atoms with Crippen molar-refractivity contribution in [3.8, 4) is 0 Å². The van der Waals surface area contributed by atoms with Gasteiger partial charge in [0.1, 0.15) is 6.61 Å². The van der Waals surface area contributed by atoms with Crippen LogP contribution in [0.1, 0.15) is 11.8 Å². The molecule has 0 saturated heterocycles. The molecule has 0 aromatic heterocycles. The number of hydrogen-bond donors (Lipinski definition) is 0. The van der Waals surface area contributed by atoms with Crippen molar-refractivity contribution in [2.75, 3.05) is 6.61 Å². The Kier molecular flexibility index (Phi) is 4.68. The summed E-state index contributed by atoms with van der Waals surface area (Å²) in [6.07, 6.45) is -1.32. The topological polar surface area (TPSA) is 78.7 Å². The van der Waals surface area contributed by atoms with E-state index in [1.807, 2.05) is 0 Å². The quantitative estimate of drug-likeness (QED) is 0.258. The third-order valence-corrected chi connectivity index (χ3v) is 1.80. The van der Waals surface area contributed by atoms with Gasteiger partial charge in [0.25, 0.3) is 0 Å². The van der Waals surface area contributed by atoms with E-state index in [2.05, 4.69) is 16.1 Å². The standard InChI is InChI=1S/C11H11NO5/c1-2-8-16-11(13)17-10(12(14)15)9-6-4-3-5-7-9/h2-7,10H,1,8H2. The summed E-state index contributed by atoms with van der Waals surface area (Å²) < 4.78 is 9.10. The Morgan fingerprint density at radius 2 is 2.12 bits per heavy atom. The van der Waals surface area contributed by atoms with E-state index in [1.165, 1.54) is 18.2 Å². The van der Waals surface area contributed by atoms with Gasteiger partial charge in [0, 0.05) is 0 Å². The molecule has 0 saturated carbocycles. The van der Waals surface area contributed by atoms with Gasteiger partial charge in [-0.05, 0) is 12.1 Å². The number of benzene rings is 1. The highest BCUT2D eigenvalue weighted by molar-refractivity contribution is 5.60. The number of carbonyl (C=O) groups excluding carboxylic acids is 1. The molecule has 0 aliphatic rings. The third-order valence-electron chi connectivity index (χ3n) is 1.80. The van der Waals surface area contributed by atoms with Gasteiger partial charge in [-0.2, -0.15) is 0 Å². The fourth-order valence-corrected chi connectivity index (χ4v) is 1.10. The maximum atomic E-state index is 11.1. The van der Waals surface area contributed by atoms with Gasteiger partial charge in [0.15, 0.2) is 0 Å². The van der Waals surface area contributed by atoms with Crippen LogP contribution in [0.5, 0.6) is 0 Å². The highest BCUT2D eigenvalue weighted by Gasteiger charge is 2.27. The van der Waals surface area contributed by atoms with Crippen molar-refractivity contribution in [1.29, 1.82) is 0 Å². The summed E-state index contributed by atoms with van der Waals surface area (Å²) in [6, 6.07) is 7.92. The molecule has 0 bridgehead atoms. The number of carbonyl (C=O) groups is 1. The Morgan fingerprint density at radius 1 is 1.47 bits per heavy atom. The highest BCUT2D eigenvalue weighted by atomic mass is 16.8. The number of nitrogens with zero attached hydrogens (tertiary/aromatic N) is 1. The normalized spacial score (nSPS) is 11.3. The Balaban J connectivity index is 2.71. The van der Waals surface area contributed by atoms with Crippen LogP contribution in [-0.2, 0) is 9.47 Å². The zero-order valence-electron chi connectivity index (χ0n) is 8.94. The van der Waals surface area contributed by atoms with Crippen LogP contribution in [0.2, 0.25) is 0 Å². The minimum absolute atomic E-state index is 0.0575. The van der Waals surface area contributed by atoms with Crippen molar-refractivity contribution in [3.63, 3.8) is 0 Å². The van der Waals surface area contributed by atoms with Gasteiger partial charge < -0.3 is 9.47 Å². The minimum atomic E-state index is -1.56. The monoisotopic (exact) mass is 237 g/mol. The lowest BCUT2D eigenvalue weighted by Crippen LogP contribution is -2.19.